The Labute approximate surface area is 142 Å². The molecule has 0 saturated heterocycles. The van der Waals surface area contributed by atoms with E-state index in [1.807, 2.05) is 17.5 Å². The summed E-state index contributed by atoms with van der Waals surface area (Å²) in [6, 6.07) is 12.8. The summed E-state index contributed by atoms with van der Waals surface area (Å²) in [5.74, 6) is 0.848. The molecule has 5 nitrogen and oxygen atoms in total. The number of carbonyl (C=O) groups is 1. The summed E-state index contributed by atoms with van der Waals surface area (Å²) in [7, 11) is 0. The molecule has 0 unspecified atom stereocenters. The van der Waals surface area contributed by atoms with Gasteiger partial charge in [-0.05, 0) is 23.6 Å². The number of anilines is 1. The molecule has 3 rings (SSSR count). The summed E-state index contributed by atoms with van der Waals surface area (Å²) in [5.41, 5.74) is 0. The standard InChI is InChI=1S/C16H14ClN3O2S/c17-13-5-1-2-6-14(13)22-11-16(21)19-15-7-8-18-20(15)10-12-4-3-9-23-12/h1-9H,10-11H2,(H,19,21). The Hall–Kier alpha value is -2.31. The molecule has 1 aromatic carbocycles. The molecule has 0 aliphatic rings. The number of carbonyl (C=O) groups excluding carboxylic acids is 1. The van der Waals surface area contributed by atoms with Gasteiger partial charge in [0, 0.05) is 10.9 Å². The normalized spacial score (nSPS) is 10.5. The van der Waals surface area contributed by atoms with Crippen molar-refractivity contribution in [3.63, 3.8) is 0 Å². The first-order valence-corrected chi connectivity index (χ1v) is 8.19. The molecule has 0 radical (unpaired) electrons. The number of aromatic nitrogens is 2. The summed E-state index contributed by atoms with van der Waals surface area (Å²) >= 11 is 7.63. The van der Waals surface area contributed by atoms with Crippen LogP contribution in [0.25, 0.3) is 0 Å². The van der Waals surface area contributed by atoms with E-state index in [4.69, 9.17) is 16.3 Å². The van der Waals surface area contributed by atoms with Gasteiger partial charge in [-0.2, -0.15) is 5.10 Å². The van der Waals surface area contributed by atoms with Gasteiger partial charge in [0.2, 0.25) is 0 Å². The van der Waals surface area contributed by atoms with Crippen LogP contribution >= 0.6 is 22.9 Å². The van der Waals surface area contributed by atoms with Gasteiger partial charge in [0.1, 0.15) is 11.6 Å². The average molecular weight is 348 g/mol. The number of para-hydroxylation sites is 1. The van der Waals surface area contributed by atoms with Crippen molar-refractivity contribution >= 4 is 34.7 Å². The second kappa shape index (κ2) is 7.30. The number of nitrogens with one attached hydrogen (secondary N) is 1. The third-order valence-electron chi connectivity index (χ3n) is 3.07. The van der Waals surface area contributed by atoms with E-state index in [1.54, 1.807) is 52.5 Å². The van der Waals surface area contributed by atoms with Crippen LogP contribution in [0.15, 0.2) is 54.0 Å². The molecule has 0 bridgehead atoms. The second-order valence-electron chi connectivity index (χ2n) is 4.72. The molecule has 23 heavy (non-hydrogen) atoms. The molecule has 2 heterocycles. The van der Waals surface area contributed by atoms with Crippen LogP contribution in [0.3, 0.4) is 0 Å². The molecule has 0 aliphatic heterocycles. The number of rotatable bonds is 6. The molecular formula is C16H14ClN3O2S. The van der Waals surface area contributed by atoms with Crippen molar-refractivity contribution in [1.29, 1.82) is 0 Å². The maximum absolute atomic E-state index is 12.0. The van der Waals surface area contributed by atoms with Crippen LogP contribution in [-0.2, 0) is 11.3 Å². The van der Waals surface area contributed by atoms with Gasteiger partial charge in [0.15, 0.2) is 6.61 Å². The van der Waals surface area contributed by atoms with Crippen LogP contribution in [0.5, 0.6) is 5.75 Å². The van der Waals surface area contributed by atoms with Gasteiger partial charge in [-0.25, -0.2) is 4.68 Å². The molecule has 3 aromatic rings. The number of ether oxygens (including phenoxy) is 1. The summed E-state index contributed by atoms with van der Waals surface area (Å²) in [4.78, 5) is 13.2. The van der Waals surface area contributed by atoms with Gasteiger partial charge in [0.05, 0.1) is 17.8 Å². The summed E-state index contributed by atoms with van der Waals surface area (Å²) in [6.07, 6.45) is 1.65. The monoisotopic (exact) mass is 347 g/mol. The lowest BCUT2D eigenvalue weighted by atomic mass is 10.3. The zero-order valence-electron chi connectivity index (χ0n) is 12.1. The molecule has 118 valence electrons. The van der Waals surface area contributed by atoms with E-state index >= 15 is 0 Å². The van der Waals surface area contributed by atoms with Gasteiger partial charge in [-0.15, -0.1) is 11.3 Å². The number of thiophene rings is 1. The van der Waals surface area contributed by atoms with Crippen LogP contribution in [-0.4, -0.2) is 22.3 Å². The quantitative estimate of drug-likeness (QED) is 0.740. The minimum absolute atomic E-state index is 0.117. The van der Waals surface area contributed by atoms with Gasteiger partial charge in [-0.3, -0.25) is 4.79 Å². The Bertz CT molecular complexity index is 786. The van der Waals surface area contributed by atoms with Crippen molar-refractivity contribution in [2.75, 3.05) is 11.9 Å². The number of amides is 1. The van der Waals surface area contributed by atoms with Gasteiger partial charge in [-0.1, -0.05) is 29.8 Å². The number of benzene rings is 1. The van der Waals surface area contributed by atoms with Crippen molar-refractivity contribution in [3.8, 4) is 5.75 Å². The summed E-state index contributed by atoms with van der Waals surface area (Å²) in [6.45, 7) is 0.500. The zero-order chi connectivity index (χ0) is 16.1. The number of halogens is 1. The van der Waals surface area contributed by atoms with Gasteiger partial charge in [0.25, 0.3) is 5.91 Å². The predicted molar refractivity (Wildman–Crippen MR) is 91.2 cm³/mol. The lowest BCUT2D eigenvalue weighted by Crippen LogP contribution is -2.22. The fraction of sp³-hybridized carbons (Fsp3) is 0.125. The average Bonchev–Trinajstić information content (AvgIpc) is 3.20. The largest absolute Gasteiger partial charge is 0.482 e. The third-order valence-corrected chi connectivity index (χ3v) is 4.24. The van der Waals surface area contributed by atoms with Crippen molar-refractivity contribution in [2.24, 2.45) is 0 Å². The highest BCUT2D eigenvalue weighted by Gasteiger charge is 2.10. The minimum atomic E-state index is -0.266. The van der Waals surface area contributed by atoms with Crippen LogP contribution in [0, 0.1) is 0 Å². The Kier molecular flexibility index (Phi) is 4.95. The molecule has 0 atom stereocenters. The lowest BCUT2D eigenvalue weighted by molar-refractivity contribution is -0.118. The van der Waals surface area contributed by atoms with E-state index in [0.29, 0.717) is 23.1 Å². The highest BCUT2D eigenvalue weighted by atomic mass is 35.5. The molecule has 0 fully saturated rings. The lowest BCUT2D eigenvalue weighted by Gasteiger charge is -2.10. The minimum Gasteiger partial charge on any atom is -0.482 e. The van der Waals surface area contributed by atoms with Crippen LogP contribution in [0.1, 0.15) is 4.88 Å². The molecule has 1 N–H and O–H groups in total. The molecule has 7 heteroatoms. The Morgan fingerprint density at radius 3 is 2.91 bits per heavy atom. The highest BCUT2D eigenvalue weighted by Crippen LogP contribution is 2.23. The maximum Gasteiger partial charge on any atom is 0.263 e. The number of hydrogen-bond acceptors (Lipinski definition) is 4. The predicted octanol–water partition coefficient (Wildman–Crippen LogP) is 3.66. The maximum atomic E-state index is 12.0. The van der Waals surface area contributed by atoms with Crippen molar-refractivity contribution in [1.82, 2.24) is 9.78 Å². The van der Waals surface area contributed by atoms with E-state index in [0.717, 1.165) is 4.88 Å². The van der Waals surface area contributed by atoms with E-state index in [-0.39, 0.29) is 12.5 Å². The van der Waals surface area contributed by atoms with Crippen LogP contribution in [0.2, 0.25) is 5.02 Å². The highest BCUT2D eigenvalue weighted by molar-refractivity contribution is 7.09. The first-order chi connectivity index (χ1) is 11.2. The molecular weight excluding hydrogens is 334 g/mol. The smallest absolute Gasteiger partial charge is 0.263 e. The first kappa shape index (κ1) is 15.6. The van der Waals surface area contributed by atoms with E-state index in [9.17, 15) is 4.79 Å². The molecule has 2 aromatic heterocycles. The van der Waals surface area contributed by atoms with E-state index in [2.05, 4.69) is 10.4 Å². The Balaban J connectivity index is 1.58. The van der Waals surface area contributed by atoms with Crippen LogP contribution in [0.4, 0.5) is 5.82 Å². The van der Waals surface area contributed by atoms with Crippen molar-refractivity contribution in [3.05, 3.63) is 63.9 Å². The van der Waals surface area contributed by atoms with E-state index < -0.39 is 0 Å². The number of hydrogen-bond donors (Lipinski definition) is 1. The Morgan fingerprint density at radius 2 is 2.13 bits per heavy atom. The topological polar surface area (TPSA) is 56.1 Å². The fourth-order valence-corrected chi connectivity index (χ4v) is 2.88. The molecule has 0 aliphatic carbocycles. The van der Waals surface area contributed by atoms with Crippen molar-refractivity contribution < 1.29 is 9.53 Å². The van der Waals surface area contributed by atoms with E-state index in [1.165, 1.54) is 0 Å². The Morgan fingerprint density at radius 1 is 1.26 bits per heavy atom. The molecule has 0 spiro atoms. The molecule has 0 saturated carbocycles. The van der Waals surface area contributed by atoms with Crippen molar-refractivity contribution in [2.45, 2.75) is 6.54 Å². The van der Waals surface area contributed by atoms with Crippen LogP contribution < -0.4 is 10.1 Å². The summed E-state index contributed by atoms with van der Waals surface area (Å²) in [5, 5.41) is 9.50. The SMILES string of the molecule is O=C(COc1ccccc1Cl)Nc1ccnn1Cc1cccs1. The number of nitrogens with zero attached hydrogens (tertiary/aromatic N) is 2. The zero-order valence-corrected chi connectivity index (χ0v) is 13.7. The third kappa shape index (κ3) is 4.12. The van der Waals surface area contributed by atoms with Gasteiger partial charge < -0.3 is 10.1 Å². The fourth-order valence-electron chi connectivity index (χ4n) is 2.00. The first-order valence-electron chi connectivity index (χ1n) is 6.94. The second-order valence-corrected chi connectivity index (χ2v) is 6.16. The molecule has 1 amide bonds. The summed E-state index contributed by atoms with van der Waals surface area (Å²) < 4.78 is 7.16. The van der Waals surface area contributed by atoms with Gasteiger partial charge >= 0.3 is 0 Å².